The van der Waals surface area contributed by atoms with Crippen molar-refractivity contribution >= 4 is 5.88 Å². The number of nitrogens with zero attached hydrogens (tertiary/aromatic N) is 1. The summed E-state index contributed by atoms with van der Waals surface area (Å²) in [6.45, 7) is 6.42. The number of anilines is 1. The van der Waals surface area contributed by atoms with E-state index in [0.29, 0.717) is 5.88 Å². The molecule has 3 heteroatoms. The Morgan fingerprint density at radius 2 is 2.18 bits per heavy atom. The number of nitrogens with two attached hydrogens (primary N) is 1. The van der Waals surface area contributed by atoms with Gasteiger partial charge in [0.2, 0.25) is 5.88 Å². The molecule has 1 rings (SSSR count). The smallest absolute Gasteiger partial charge is 0.214 e. The lowest BCUT2D eigenvalue weighted by Gasteiger charge is -2.15. The predicted molar refractivity (Wildman–Crippen MR) is 44.1 cm³/mol. The van der Waals surface area contributed by atoms with Gasteiger partial charge in [-0.25, -0.2) is 4.98 Å². The molecule has 1 aromatic heterocycles. The van der Waals surface area contributed by atoms with Gasteiger partial charge in [-0.3, -0.25) is 0 Å². The maximum Gasteiger partial charge on any atom is 0.214 e. The summed E-state index contributed by atoms with van der Waals surface area (Å²) in [5.74, 6) is 0.444. The summed E-state index contributed by atoms with van der Waals surface area (Å²) < 4.78 is 4.88. The summed E-state index contributed by atoms with van der Waals surface area (Å²) in [6, 6.07) is 0. The van der Waals surface area contributed by atoms with Gasteiger partial charge in [0.25, 0.3) is 0 Å². The Bertz CT molecular complexity index is 234. The summed E-state index contributed by atoms with van der Waals surface area (Å²) in [5.41, 5.74) is 6.59. The zero-order chi connectivity index (χ0) is 8.48. The van der Waals surface area contributed by atoms with Gasteiger partial charge in [0, 0.05) is 6.42 Å². The molecule has 2 N–H and O–H groups in total. The first-order chi connectivity index (χ1) is 4.99. The van der Waals surface area contributed by atoms with Crippen molar-refractivity contribution in [3.8, 4) is 0 Å². The van der Waals surface area contributed by atoms with E-state index >= 15 is 0 Å². The van der Waals surface area contributed by atoms with E-state index in [1.165, 1.54) is 6.39 Å². The molecule has 0 aliphatic heterocycles. The highest BCUT2D eigenvalue weighted by Gasteiger charge is 2.15. The van der Waals surface area contributed by atoms with Crippen LogP contribution in [0.4, 0.5) is 5.88 Å². The third kappa shape index (κ3) is 2.26. The van der Waals surface area contributed by atoms with Crippen molar-refractivity contribution in [2.45, 2.75) is 27.2 Å². The topological polar surface area (TPSA) is 52.0 Å². The first kappa shape index (κ1) is 8.11. The van der Waals surface area contributed by atoms with Crippen LogP contribution in [0, 0.1) is 5.41 Å². The molecule has 0 bridgehead atoms. The maximum absolute atomic E-state index is 5.52. The lowest BCUT2D eigenvalue weighted by Crippen LogP contribution is -2.10. The summed E-state index contributed by atoms with van der Waals surface area (Å²) >= 11 is 0. The number of hydrogen-bond donors (Lipinski definition) is 1. The third-order valence-electron chi connectivity index (χ3n) is 1.37. The molecule has 0 aliphatic carbocycles. The summed E-state index contributed by atoms with van der Waals surface area (Å²) in [6.07, 6.45) is 2.24. The first-order valence-corrected chi connectivity index (χ1v) is 3.67. The van der Waals surface area contributed by atoms with Gasteiger partial charge in [0.15, 0.2) is 6.39 Å². The molecule has 1 heterocycles. The predicted octanol–water partition coefficient (Wildman–Crippen LogP) is 1.85. The highest BCUT2D eigenvalue weighted by molar-refractivity contribution is 5.29. The van der Waals surface area contributed by atoms with Crippen LogP contribution in [0.3, 0.4) is 0 Å². The molecule has 0 aromatic carbocycles. The average molecular weight is 154 g/mol. The Morgan fingerprint density at radius 3 is 2.55 bits per heavy atom. The zero-order valence-corrected chi connectivity index (χ0v) is 7.22. The Hall–Kier alpha value is -0.990. The van der Waals surface area contributed by atoms with Crippen LogP contribution in [-0.4, -0.2) is 4.98 Å². The first-order valence-electron chi connectivity index (χ1n) is 3.67. The second kappa shape index (κ2) is 2.57. The van der Waals surface area contributed by atoms with Crippen molar-refractivity contribution < 1.29 is 4.42 Å². The second-order valence-electron chi connectivity index (χ2n) is 3.90. The van der Waals surface area contributed by atoms with Crippen molar-refractivity contribution in [3.05, 3.63) is 12.1 Å². The van der Waals surface area contributed by atoms with E-state index in [4.69, 9.17) is 10.2 Å². The molecular weight excluding hydrogens is 140 g/mol. The van der Waals surface area contributed by atoms with E-state index in [1.54, 1.807) is 0 Å². The highest BCUT2D eigenvalue weighted by Crippen LogP contribution is 2.22. The minimum absolute atomic E-state index is 0.213. The van der Waals surface area contributed by atoms with Crippen LogP contribution >= 0.6 is 0 Å². The Kier molecular flexibility index (Phi) is 1.89. The highest BCUT2D eigenvalue weighted by atomic mass is 16.3. The standard InChI is InChI=1S/C8H14N2O/c1-8(2,3)4-6-7(9)11-5-10-6/h5H,4,9H2,1-3H3. The molecule has 0 spiro atoms. The quantitative estimate of drug-likeness (QED) is 0.671. The largest absolute Gasteiger partial charge is 0.428 e. The summed E-state index contributed by atoms with van der Waals surface area (Å²) in [4.78, 5) is 4.01. The van der Waals surface area contributed by atoms with Crippen molar-refractivity contribution in [2.24, 2.45) is 5.41 Å². The van der Waals surface area contributed by atoms with Crippen LogP contribution in [-0.2, 0) is 6.42 Å². The lowest BCUT2D eigenvalue weighted by atomic mass is 9.91. The molecule has 62 valence electrons. The van der Waals surface area contributed by atoms with E-state index < -0.39 is 0 Å². The van der Waals surface area contributed by atoms with Gasteiger partial charge in [-0.2, -0.15) is 0 Å². The number of hydrogen-bond acceptors (Lipinski definition) is 3. The number of oxazole rings is 1. The maximum atomic E-state index is 5.52. The monoisotopic (exact) mass is 154 g/mol. The molecule has 0 amide bonds. The van der Waals surface area contributed by atoms with Crippen molar-refractivity contribution in [1.29, 1.82) is 0 Å². The molecule has 0 saturated carbocycles. The minimum atomic E-state index is 0.213. The van der Waals surface area contributed by atoms with Crippen LogP contribution in [0.25, 0.3) is 0 Å². The van der Waals surface area contributed by atoms with E-state index in [-0.39, 0.29) is 5.41 Å². The average Bonchev–Trinajstić information content (AvgIpc) is 2.12. The van der Waals surface area contributed by atoms with E-state index in [0.717, 1.165) is 12.1 Å². The van der Waals surface area contributed by atoms with Crippen LogP contribution in [0.15, 0.2) is 10.8 Å². The Morgan fingerprint density at radius 1 is 1.55 bits per heavy atom. The molecule has 3 nitrogen and oxygen atoms in total. The lowest BCUT2D eigenvalue weighted by molar-refractivity contribution is 0.407. The van der Waals surface area contributed by atoms with Gasteiger partial charge in [-0.1, -0.05) is 20.8 Å². The Labute approximate surface area is 66.6 Å². The van der Waals surface area contributed by atoms with Gasteiger partial charge in [-0.05, 0) is 5.41 Å². The molecule has 0 atom stereocenters. The number of nitrogen functional groups attached to an aromatic ring is 1. The van der Waals surface area contributed by atoms with Gasteiger partial charge in [0.1, 0.15) is 5.69 Å². The summed E-state index contributed by atoms with van der Waals surface area (Å²) in [7, 11) is 0. The molecule has 0 aliphatic rings. The van der Waals surface area contributed by atoms with Crippen LogP contribution in [0.1, 0.15) is 26.5 Å². The molecular formula is C8H14N2O. The fourth-order valence-corrected chi connectivity index (χ4v) is 0.913. The fourth-order valence-electron chi connectivity index (χ4n) is 0.913. The third-order valence-corrected chi connectivity index (χ3v) is 1.37. The molecule has 0 radical (unpaired) electrons. The van der Waals surface area contributed by atoms with Crippen LogP contribution in [0.5, 0.6) is 0 Å². The number of aromatic nitrogens is 1. The van der Waals surface area contributed by atoms with Gasteiger partial charge in [0.05, 0.1) is 0 Å². The second-order valence-corrected chi connectivity index (χ2v) is 3.90. The van der Waals surface area contributed by atoms with E-state index in [9.17, 15) is 0 Å². The zero-order valence-electron chi connectivity index (χ0n) is 7.22. The molecule has 0 saturated heterocycles. The minimum Gasteiger partial charge on any atom is -0.428 e. The summed E-state index contributed by atoms with van der Waals surface area (Å²) in [5, 5.41) is 0. The molecule has 0 unspecified atom stereocenters. The van der Waals surface area contributed by atoms with E-state index in [2.05, 4.69) is 25.8 Å². The Balaban J connectivity index is 2.72. The molecule has 11 heavy (non-hydrogen) atoms. The molecule has 0 fully saturated rings. The fraction of sp³-hybridized carbons (Fsp3) is 0.625. The van der Waals surface area contributed by atoms with Crippen molar-refractivity contribution in [3.63, 3.8) is 0 Å². The van der Waals surface area contributed by atoms with Crippen LogP contribution < -0.4 is 5.73 Å². The number of rotatable bonds is 1. The van der Waals surface area contributed by atoms with Crippen molar-refractivity contribution in [1.82, 2.24) is 4.98 Å². The van der Waals surface area contributed by atoms with Gasteiger partial charge >= 0.3 is 0 Å². The van der Waals surface area contributed by atoms with Crippen molar-refractivity contribution in [2.75, 3.05) is 5.73 Å². The SMILES string of the molecule is CC(C)(C)Cc1ncoc1N. The van der Waals surface area contributed by atoms with Gasteiger partial charge in [-0.15, -0.1) is 0 Å². The normalized spacial score (nSPS) is 11.9. The van der Waals surface area contributed by atoms with E-state index in [1.807, 2.05) is 0 Å². The van der Waals surface area contributed by atoms with Crippen LogP contribution in [0.2, 0.25) is 0 Å². The van der Waals surface area contributed by atoms with Gasteiger partial charge < -0.3 is 10.2 Å². The molecule has 1 aromatic rings.